The smallest absolute Gasteiger partial charge is 0.0700 e. The van der Waals surface area contributed by atoms with E-state index in [0.717, 1.165) is 39.4 Å². The maximum atomic E-state index is 5.52. The number of hydrogen-bond acceptors (Lipinski definition) is 3. The second-order valence-electron chi connectivity index (χ2n) is 5.10. The highest BCUT2D eigenvalue weighted by Crippen LogP contribution is 1.99. The molecule has 0 spiro atoms. The van der Waals surface area contributed by atoms with E-state index in [4.69, 9.17) is 9.47 Å². The molecule has 0 amide bonds. The van der Waals surface area contributed by atoms with Crippen molar-refractivity contribution in [3.63, 3.8) is 0 Å². The summed E-state index contributed by atoms with van der Waals surface area (Å²) in [6.07, 6.45) is 7.39. The predicted octanol–water partition coefficient (Wildman–Crippen LogP) is 3.38. The van der Waals surface area contributed by atoms with Gasteiger partial charge >= 0.3 is 0 Å². The summed E-state index contributed by atoms with van der Waals surface area (Å²) in [7, 11) is 0. The fraction of sp³-hybridized carbons (Fsp3) is 1.00. The number of ether oxygens (including phenoxy) is 2. The average Bonchev–Trinajstić information content (AvgIpc) is 2.34. The first-order valence-electron chi connectivity index (χ1n) is 7.66. The molecule has 0 unspecified atom stereocenters. The summed E-state index contributed by atoms with van der Waals surface area (Å²) in [5.41, 5.74) is 0. The number of rotatable bonds is 14. The molecular formula is C15H33NO2. The molecule has 110 valence electrons. The molecule has 0 heterocycles. The van der Waals surface area contributed by atoms with Gasteiger partial charge in [-0.3, -0.25) is 0 Å². The Morgan fingerprint density at radius 3 is 2.00 bits per heavy atom. The molecule has 0 aliphatic carbocycles. The van der Waals surface area contributed by atoms with Crippen molar-refractivity contribution in [2.24, 2.45) is 0 Å². The number of hydrogen-bond donors (Lipinski definition) is 1. The lowest BCUT2D eigenvalue weighted by Crippen LogP contribution is -2.23. The van der Waals surface area contributed by atoms with Crippen molar-refractivity contribution in [2.45, 2.75) is 65.3 Å². The molecular weight excluding hydrogens is 226 g/mol. The van der Waals surface area contributed by atoms with Gasteiger partial charge in [-0.25, -0.2) is 0 Å². The molecule has 0 saturated heterocycles. The van der Waals surface area contributed by atoms with Gasteiger partial charge in [-0.05, 0) is 25.8 Å². The third-order valence-corrected chi connectivity index (χ3v) is 2.78. The lowest BCUT2D eigenvalue weighted by atomic mass is 10.2. The summed E-state index contributed by atoms with van der Waals surface area (Å²) in [4.78, 5) is 0. The van der Waals surface area contributed by atoms with Gasteiger partial charge in [0.15, 0.2) is 0 Å². The van der Waals surface area contributed by atoms with E-state index in [1.54, 1.807) is 0 Å². The lowest BCUT2D eigenvalue weighted by molar-refractivity contribution is 0.0453. The third-order valence-electron chi connectivity index (χ3n) is 2.78. The molecule has 0 aliphatic heterocycles. The monoisotopic (exact) mass is 259 g/mol. The largest absolute Gasteiger partial charge is 0.379 e. The minimum Gasteiger partial charge on any atom is -0.379 e. The van der Waals surface area contributed by atoms with E-state index in [0.29, 0.717) is 6.04 Å². The van der Waals surface area contributed by atoms with E-state index in [2.05, 4.69) is 26.1 Å². The first kappa shape index (κ1) is 17.9. The Hall–Kier alpha value is -0.120. The fourth-order valence-corrected chi connectivity index (χ4v) is 1.64. The van der Waals surface area contributed by atoms with E-state index < -0.39 is 0 Å². The zero-order valence-corrected chi connectivity index (χ0v) is 12.7. The van der Waals surface area contributed by atoms with Gasteiger partial charge in [-0.2, -0.15) is 0 Å². The van der Waals surface area contributed by atoms with Crippen LogP contribution in [0.1, 0.15) is 59.3 Å². The maximum Gasteiger partial charge on any atom is 0.0700 e. The minimum atomic E-state index is 0.612. The van der Waals surface area contributed by atoms with E-state index >= 15 is 0 Å². The van der Waals surface area contributed by atoms with Crippen molar-refractivity contribution in [1.82, 2.24) is 5.32 Å². The molecule has 0 radical (unpaired) electrons. The van der Waals surface area contributed by atoms with E-state index in [9.17, 15) is 0 Å². The molecule has 0 fully saturated rings. The fourth-order valence-electron chi connectivity index (χ4n) is 1.64. The van der Waals surface area contributed by atoms with Crippen LogP contribution in [-0.2, 0) is 9.47 Å². The van der Waals surface area contributed by atoms with E-state index in [1.807, 2.05) is 0 Å². The minimum absolute atomic E-state index is 0.612. The highest BCUT2D eigenvalue weighted by Gasteiger charge is 1.94. The van der Waals surface area contributed by atoms with Gasteiger partial charge in [0, 0.05) is 19.3 Å². The quantitative estimate of drug-likeness (QED) is 0.485. The molecule has 0 aliphatic rings. The summed E-state index contributed by atoms with van der Waals surface area (Å²) in [6, 6.07) is 0.612. The summed E-state index contributed by atoms with van der Waals surface area (Å²) >= 11 is 0. The lowest BCUT2D eigenvalue weighted by Gasteiger charge is -2.08. The predicted molar refractivity (Wildman–Crippen MR) is 78.2 cm³/mol. The van der Waals surface area contributed by atoms with Gasteiger partial charge < -0.3 is 14.8 Å². The van der Waals surface area contributed by atoms with Crippen LogP contribution in [0.5, 0.6) is 0 Å². The van der Waals surface area contributed by atoms with Crippen molar-refractivity contribution in [1.29, 1.82) is 0 Å². The van der Waals surface area contributed by atoms with Gasteiger partial charge in [0.2, 0.25) is 0 Å². The van der Waals surface area contributed by atoms with Crippen LogP contribution in [-0.4, -0.2) is 39.0 Å². The zero-order valence-electron chi connectivity index (χ0n) is 12.7. The molecule has 1 N–H and O–H groups in total. The van der Waals surface area contributed by atoms with Crippen molar-refractivity contribution in [3.8, 4) is 0 Å². The number of nitrogens with one attached hydrogen (secondary N) is 1. The Morgan fingerprint density at radius 1 is 0.778 bits per heavy atom. The first-order chi connectivity index (χ1) is 8.77. The van der Waals surface area contributed by atoms with Crippen LogP contribution in [0.15, 0.2) is 0 Å². The van der Waals surface area contributed by atoms with Crippen LogP contribution >= 0.6 is 0 Å². The highest BCUT2D eigenvalue weighted by molar-refractivity contribution is 4.53. The molecule has 0 bridgehead atoms. The highest BCUT2D eigenvalue weighted by atomic mass is 16.5. The van der Waals surface area contributed by atoms with Crippen LogP contribution in [0.4, 0.5) is 0 Å². The molecule has 18 heavy (non-hydrogen) atoms. The first-order valence-corrected chi connectivity index (χ1v) is 7.66. The normalized spacial score (nSPS) is 11.3. The Bertz CT molecular complexity index is 151. The molecule has 3 heteroatoms. The summed E-state index contributed by atoms with van der Waals surface area (Å²) < 4.78 is 10.9. The van der Waals surface area contributed by atoms with Crippen LogP contribution in [0.25, 0.3) is 0 Å². The van der Waals surface area contributed by atoms with Crippen LogP contribution in [0.3, 0.4) is 0 Å². The topological polar surface area (TPSA) is 30.5 Å². The van der Waals surface area contributed by atoms with E-state index in [-0.39, 0.29) is 0 Å². The number of unbranched alkanes of at least 4 members (excludes halogenated alkanes) is 4. The molecule has 3 nitrogen and oxygen atoms in total. The Labute approximate surface area is 114 Å². The Kier molecular flexibility index (Phi) is 14.8. The molecule has 0 aromatic rings. The second kappa shape index (κ2) is 14.9. The van der Waals surface area contributed by atoms with Crippen molar-refractivity contribution < 1.29 is 9.47 Å². The maximum absolute atomic E-state index is 5.52. The van der Waals surface area contributed by atoms with Gasteiger partial charge in [0.1, 0.15) is 0 Å². The molecule has 0 aromatic carbocycles. The van der Waals surface area contributed by atoms with Crippen LogP contribution < -0.4 is 5.32 Å². The molecule has 0 aromatic heterocycles. The molecule has 0 saturated carbocycles. The Balaban J connectivity index is 2.90. The third kappa shape index (κ3) is 15.9. The average molecular weight is 259 g/mol. The zero-order chi connectivity index (χ0) is 13.5. The Morgan fingerprint density at radius 2 is 1.39 bits per heavy atom. The van der Waals surface area contributed by atoms with Gasteiger partial charge in [0.05, 0.1) is 13.2 Å². The van der Waals surface area contributed by atoms with Gasteiger partial charge in [-0.1, -0.05) is 40.0 Å². The summed E-state index contributed by atoms with van der Waals surface area (Å²) in [6.45, 7) is 11.0. The van der Waals surface area contributed by atoms with Crippen molar-refractivity contribution in [3.05, 3.63) is 0 Å². The summed E-state index contributed by atoms with van der Waals surface area (Å²) in [5.74, 6) is 0. The van der Waals surface area contributed by atoms with Gasteiger partial charge in [-0.15, -0.1) is 0 Å². The molecule has 0 rings (SSSR count). The van der Waals surface area contributed by atoms with E-state index in [1.165, 1.54) is 32.1 Å². The molecule has 0 atom stereocenters. The van der Waals surface area contributed by atoms with Crippen LogP contribution in [0, 0.1) is 0 Å². The van der Waals surface area contributed by atoms with Crippen molar-refractivity contribution in [2.75, 3.05) is 33.0 Å². The van der Waals surface area contributed by atoms with Gasteiger partial charge in [0.25, 0.3) is 0 Å². The van der Waals surface area contributed by atoms with Crippen molar-refractivity contribution >= 4 is 0 Å². The SMILES string of the molecule is CCCCOCCOCCCCCCNC(C)C. The standard InChI is InChI=1S/C15H33NO2/c1-4-5-11-17-13-14-18-12-9-7-6-8-10-16-15(2)3/h15-16H,4-14H2,1-3H3. The van der Waals surface area contributed by atoms with Crippen LogP contribution in [0.2, 0.25) is 0 Å². The summed E-state index contributed by atoms with van der Waals surface area (Å²) in [5, 5.41) is 3.43. The second-order valence-corrected chi connectivity index (χ2v) is 5.10.